The molecule has 2 atom stereocenters. The lowest BCUT2D eigenvalue weighted by Gasteiger charge is -2.17. The van der Waals surface area contributed by atoms with Crippen molar-refractivity contribution in [2.24, 2.45) is 0 Å². The summed E-state index contributed by atoms with van der Waals surface area (Å²) in [5.74, 6) is -0.0728. The molecule has 3 N–H and O–H groups in total. The number of aliphatic carboxylic acids is 1. The standard InChI is InChI=1S/C13H17N3O2/c1-3-9(13(17)18)14-8(2)12-15-10-6-4-5-7-11(10)16-12/h4-9,14H,3H2,1-2H3,(H,15,16)(H,17,18). The van der Waals surface area contributed by atoms with Crippen molar-refractivity contribution >= 4 is 17.0 Å². The molecule has 0 aliphatic heterocycles. The lowest BCUT2D eigenvalue weighted by atomic mass is 10.2. The molecule has 0 saturated carbocycles. The van der Waals surface area contributed by atoms with Gasteiger partial charge in [-0.25, -0.2) is 4.98 Å². The maximum Gasteiger partial charge on any atom is 0.320 e. The number of fused-ring (bicyclic) bond motifs is 1. The van der Waals surface area contributed by atoms with Gasteiger partial charge >= 0.3 is 5.97 Å². The molecule has 2 aromatic rings. The van der Waals surface area contributed by atoms with Gasteiger partial charge in [0.1, 0.15) is 11.9 Å². The first-order chi connectivity index (χ1) is 8.61. The van der Waals surface area contributed by atoms with Crippen LogP contribution in [-0.2, 0) is 4.79 Å². The van der Waals surface area contributed by atoms with Gasteiger partial charge in [-0.15, -0.1) is 0 Å². The third-order valence-electron chi connectivity index (χ3n) is 2.98. The van der Waals surface area contributed by atoms with Crippen LogP contribution in [0.3, 0.4) is 0 Å². The fraction of sp³-hybridized carbons (Fsp3) is 0.385. The molecule has 5 heteroatoms. The first-order valence-corrected chi connectivity index (χ1v) is 6.05. The molecule has 2 unspecified atom stereocenters. The van der Waals surface area contributed by atoms with Crippen LogP contribution in [0, 0.1) is 0 Å². The number of hydrogen-bond donors (Lipinski definition) is 3. The minimum atomic E-state index is -0.833. The van der Waals surface area contributed by atoms with E-state index in [1.165, 1.54) is 0 Å². The quantitative estimate of drug-likeness (QED) is 0.756. The van der Waals surface area contributed by atoms with Crippen molar-refractivity contribution in [1.82, 2.24) is 15.3 Å². The third kappa shape index (κ3) is 2.51. The molecule has 0 aliphatic carbocycles. The number of benzene rings is 1. The van der Waals surface area contributed by atoms with Gasteiger partial charge in [0.2, 0.25) is 0 Å². The van der Waals surface area contributed by atoms with E-state index in [0.29, 0.717) is 6.42 Å². The number of nitrogens with one attached hydrogen (secondary N) is 2. The molecule has 96 valence electrons. The van der Waals surface area contributed by atoms with Crippen molar-refractivity contribution < 1.29 is 9.90 Å². The van der Waals surface area contributed by atoms with E-state index >= 15 is 0 Å². The summed E-state index contributed by atoms with van der Waals surface area (Å²) < 4.78 is 0. The van der Waals surface area contributed by atoms with Crippen LogP contribution in [-0.4, -0.2) is 27.1 Å². The second-order valence-electron chi connectivity index (χ2n) is 4.33. The fourth-order valence-corrected chi connectivity index (χ4v) is 1.92. The van der Waals surface area contributed by atoms with Crippen LogP contribution in [0.15, 0.2) is 24.3 Å². The second-order valence-corrected chi connectivity index (χ2v) is 4.33. The average molecular weight is 247 g/mol. The zero-order valence-electron chi connectivity index (χ0n) is 10.5. The van der Waals surface area contributed by atoms with Crippen LogP contribution < -0.4 is 5.32 Å². The highest BCUT2D eigenvalue weighted by atomic mass is 16.4. The normalized spacial score (nSPS) is 14.6. The molecule has 1 heterocycles. The summed E-state index contributed by atoms with van der Waals surface area (Å²) in [7, 11) is 0. The number of para-hydroxylation sites is 2. The number of aromatic nitrogens is 2. The molecule has 0 saturated heterocycles. The van der Waals surface area contributed by atoms with Crippen LogP contribution in [0.25, 0.3) is 11.0 Å². The lowest BCUT2D eigenvalue weighted by Crippen LogP contribution is -2.38. The number of nitrogens with zero attached hydrogens (tertiary/aromatic N) is 1. The minimum absolute atomic E-state index is 0.126. The molecule has 0 aliphatic rings. The van der Waals surface area contributed by atoms with Gasteiger partial charge < -0.3 is 10.1 Å². The Morgan fingerprint density at radius 1 is 1.50 bits per heavy atom. The number of H-pyrrole nitrogens is 1. The number of carbonyl (C=O) groups is 1. The number of carboxylic acids is 1. The SMILES string of the molecule is CCC(NC(C)c1nc2ccccc2[nH]1)C(=O)O. The fourth-order valence-electron chi connectivity index (χ4n) is 1.92. The summed E-state index contributed by atoms with van der Waals surface area (Å²) in [6.07, 6.45) is 0.542. The van der Waals surface area contributed by atoms with Gasteiger partial charge in [0.05, 0.1) is 17.1 Å². The highest BCUT2D eigenvalue weighted by Crippen LogP contribution is 2.16. The topological polar surface area (TPSA) is 78.0 Å². The van der Waals surface area contributed by atoms with Crippen molar-refractivity contribution in [3.8, 4) is 0 Å². The first-order valence-electron chi connectivity index (χ1n) is 6.05. The van der Waals surface area contributed by atoms with E-state index in [1.807, 2.05) is 38.1 Å². The molecule has 0 amide bonds. The van der Waals surface area contributed by atoms with Crippen molar-refractivity contribution in [1.29, 1.82) is 0 Å². The molecule has 0 fully saturated rings. The zero-order valence-corrected chi connectivity index (χ0v) is 10.5. The first kappa shape index (κ1) is 12.6. The van der Waals surface area contributed by atoms with Crippen LogP contribution >= 0.6 is 0 Å². The van der Waals surface area contributed by atoms with Gasteiger partial charge in [-0.2, -0.15) is 0 Å². The maximum absolute atomic E-state index is 11.0. The van der Waals surface area contributed by atoms with E-state index in [-0.39, 0.29) is 6.04 Å². The number of imidazole rings is 1. The summed E-state index contributed by atoms with van der Waals surface area (Å²) in [4.78, 5) is 18.6. The number of rotatable bonds is 5. The van der Waals surface area contributed by atoms with Crippen molar-refractivity contribution in [2.45, 2.75) is 32.4 Å². The molecule has 1 aromatic carbocycles. The monoisotopic (exact) mass is 247 g/mol. The van der Waals surface area contributed by atoms with Gasteiger partial charge in [-0.3, -0.25) is 10.1 Å². The van der Waals surface area contributed by atoms with E-state index in [0.717, 1.165) is 16.9 Å². The van der Waals surface area contributed by atoms with Gasteiger partial charge in [0.15, 0.2) is 0 Å². The Kier molecular flexibility index (Phi) is 3.62. The highest BCUT2D eigenvalue weighted by molar-refractivity contribution is 5.75. The summed E-state index contributed by atoms with van der Waals surface area (Å²) >= 11 is 0. The largest absolute Gasteiger partial charge is 0.480 e. The van der Waals surface area contributed by atoms with Gasteiger partial charge in [-0.05, 0) is 25.5 Å². The highest BCUT2D eigenvalue weighted by Gasteiger charge is 2.19. The van der Waals surface area contributed by atoms with Gasteiger partial charge in [0.25, 0.3) is 0 Å². The van der Waals surface area contributed by atoms with Crippen LogP contribution in [0.5, 0.6) is 0 Å². The molecule has 18 heavy (non-hydrogen) atoms. The average Bonchev–Trinajstić information content (AvgIpc) is 2.79. The van der Waals surface area contributed by atoms with E-state index in [9.17, 15) is 4.79 Å². The Bertz CT molecular complexity index is 517. The minimum Gasteiger partial charge on any atom is -0.480 e. The van der Waals surface area contributed by atoms with Crippen LogP contribution in [0.1, 0.15) is 32.1 Å². The summed E-state index contributed by atoms with van der Waals surface area (Å²) in [6.45, 7) is 3.75. The molecule has 2 rings (SSSR count). The van der Waals surface area contributed by atoms with Crippen molar-refractivity contribution in [2.75, 3.05) is 0 Å². The Labute approximate surface area is 105 Å². The second kappa shape index (κ2) is 5.18. The van der Waals surface area contributed by atoms with Crippen molar-refractivity contribution in [3.05, 3.63) is 30.1 Å². The van der Waals surface area contributed by atoms with E-state index in [1.54, 1.807) is 0 Å². The van der Waals surface area contributed by atoms with E-state index in [2.05, 4.69) is 15.3 Å². The predicted octanol–water partition coefficient (Wildman–Crippen LogP) is 2.08. The summed E-state index contributed by atoms with van der Waals surface area (Å²) in [6, 6.07) is 7.07. The maximum atomic E-state index is 11.0. The summed E-state index contributed by atoms with van der Waals surface area (Å²) in [5.41, 5.74) is 1.86. The lowest BCUT2D eigenvalue weighted by molar-refractivity contribution is -0.139. The van der Waals surface area contributed by atoms with Gasteiger partial charge in [-0.1, -0.05) is 19.1 Å². The van der Waals surface area contributed by atoms with Gasteiger partial charge in [0, 0.05) is 0 Å². The van der Waals surface area contributed by atoms with Crippen LogP contribution in [0.2, 0.25) is 0 Å². The van der Waals surface area contributed by atoms with Crippen molar-refractivity contribution in [3.63, 3.8) is 0 Å². The van der Waals surface area contributed by atoms with E-state index in [4.69, 9.17) is 5.11 Å². The Morgan fingerprint density at radius 3 is 2.83 bits per heavy atom. The van der Waals surface area contributed by atoms with E-state index < -0.39 is 12.0 Å². The van der Waals surface area contributed by atoms with Crippen LogP contribution in [0.4, 0.5) is 0 Å². The smallest absolute Gasteiger partial charge is 0.320 e. The third-order valence-corrected chi connectivity index (χ3v) is 2.98. The number of carboxylic acid groups (broad SMARTS) is 1. The number of hydrogen-bond acceptors (Lipinski definition) is 3. The predicted molar refractivity (Wildman–Crippen MR) is 69.4 cm³/mol. The molecule has 5 nitrogen and oxygen atoms in total. The Morgan fingerprint density at radius 2 is 2.22 bits per heavy atom. The molecular formula is C13H17N3O2. The molecular weight excluding hydrogens is 230 g/mol. The zero-order chi connectivity index (χ0) is 13.1. The number of aromatic amines is 1. The molecule has 0 spiro atoms. The Balaban J connectivity index is 2.17. The molecule has 0 bridgehead atoms. The molecule has 1 aromatic heterocycles. The Hall–Kier alpha value is -1.88. The molecule has 0 radical (unpaired) electrons. The summed E-state index contributed by atoms with van der Waals surface area (Å²) in [5, 5.41) is 12.1.